The van der Waals surface area contributed by atoms with Crippen LogP contribution in [0.1, 0.15) is 32.8 Å². The summed E-state index contributed by atoms with van der Waals surface area (Å²) in [5, 5.41) is 13.4. The van der Waals surface area contributed by atoms with E-state index >= 15 is 0 Å². The summed E-state index contributed by atoms with van der Waals surface area (Å²) in [6, 6.07) is 6.96. The molecule has 1 saturated heterocycles. The van der Waals surface area contributed by atoms with Gasteiger partial charge in [-0.1, -0.05) is 36.7 Å². The third-order valence-corrected chi connectivity index (χ3v) is 4.44. The maximum atomic E-state index is 9.89. The fraction of sp³-hybridized carbons (Fsp3) is 0.625. The highest BCUT2D eigenvalue weighted by molar-refractivity contribution is 9.10. The fourth-order valence-electron chi connectivity index (χ4n) is 2.67. The first-order valence-corrected chi connectivity index (χ1v) is 8.21. The maximum absolute atomic E-state index is 9.89. The van der Waals surface area contributed by atoms with E-state index in [0.717, 1.165) is 30.5 Å². The topological polar surface area (TPSA) is 35.5 Å². The first kappa shape index (κ1) is 15.8. The van der Waals surface area contributed by atoms with E-state index in [1.54, 1.807) is 0 Å². The van der Waals surface area contributed by atoms with Gasteiger partial charge >= 0.3 is 0 Å². The van der Waals surface area contributed by atoms with Crippen LogP contribution in [0.3, 0.4) is 0 Å². The molecule has 2 N–H and O–H groups in total. The third kappa shape index (κ3) is 3.96. The average molecular weight is 341 g/mol. The minimum atomic E-state index is -0.154. The molecule has 2 atom stereocenters. The van der Waals surface area contributed by atoms with Crippen LogP contribution in [0, 0.1) is 5.92 Å². The van der Waals surface area contributed by atoms with E-state index in [2.05, 4.69) is 65.1 Å². The summed E-state index contributed by atoms with van der Waals surface area (Å²) in [6.07, 6.45) is 0.702. The monoisotopic (exact) mass is 340 g/mol. The van der Waals surface area contributed by atoms with Crippen LogP contribution in [-0.4, -0.2) is 30.3 Å². The number of nitrogens with zero attached hydrogens (tertiary/aromatic N) is 1. The molecule has 0 saturated carbocycles. The highest BCUT2D eigenvalue weighted by Gasteiger charge is 2.25. The summed E-state index contributed by atoms with van der Waals surface area (Å²) in [6.45, 7) is 9.19. The Morgan fingerprint density at radius 3 is 2.85 bits per heavy atom. The SMILES string of the molecule is CC(C)NCc1cc(Br)ccc1N1CCC(O)C(C)C1. The van der Waals surface area contributed by atoms with Gasteiger partial charge in [0.05, 0.1) is 6.10 Å². The Hall–Kier alpha value is -0.580. The third-order valence-electron chi connectivity index (χ3n) is 3.94. The number of halogens is 1. The van der Waals surface area contributed by atoms with Crippen LogP contribution in [-0.2, 0) is 6.54 Å². The molecule has 112 valence electrons. The molecule has 0 aromatic heterocycles. The Morgan fingerprint density at radius 2 is 2.20 bits per heavy atom. The van der Waals surface area contributed by atoms with Crippen molar-refractivity contribution in [3.8, 4) is 0 Å². The lowest BCUT2D eigenvalue weighted by Crippen LogP contribution is -2.42. The lowest BCUT2D eigenvalue weighted by molar-refractivity contribution is 0.0970. The molecule has 1 aromatic rings. The molecular weight excluding hydrogens is 316 g/mol. The number of aliphatic hydroxyl groups excluding tert-OH is 1. The molecule has 1 heterocycles. The van der Waals surface area contributed by atoms with Crippen LogP contribution >= 0.6 is 15.9 Å². The highest BCUT2D eigenvalue weighted by atomic mass is 79.9. The lowest BCUT2D eigenvalue weighted by atomic mass is 9.95. The predicted molar refractivity (Wildman–Crippen MR) is 88.1 cm³/mol. The fourth-order valence-corrected chi connectivity index (χ4v) is 3.08. The number of piperidine rings is 1. The number of hydrogen-bond donors (Lipinski definition) is 2. The molecule has 0 amide bonds. The summed E-state index contributed by atoms with van der Waals surface area (Å²) >= 11 is 3.56. The molecular formula is C16H25BrN2O. The maximum Gasteiger partial charge on any atom is 0.0599 e. The van der Waals surface area contributed by atoms with Gasteiger partial charge in [0, 0.05) is 35.8 Å². The average Bonchev–Trinajstić information content (AvgIpc) is 2.40. The van der Waals surface area contributed by atoms with Crippen LogP contribution in [0.15, 0.2) is 22.7 Å². The molecule has 3 nitrogen and oxygen atoms in total. The predicted octanol–water partition coefficient (Wildman–Crippen LogP) is 3.15. The number of anilines is 1. The van der Waals surface area contributed by atoms with E-state index in [1.807, 2.05) is 0 Å². The van der Waals surface area contributed by atoms with Gasteiger partial charge in [0.15, 0.2) is 0 Å². The van der Waals surface area contributed by atoms with Crippen LogP contribution in [0.2, 0.25) is 0 Å². The van der Waals surface area contributed by atoms with E-state index in [4.69, 9.17) is 0 Å². The van der Waals surface area contributed by atoms with Crippen LogP contribution < -0.4 is 10.2 Å². The van der Waals surface area contributed by atoms with Crippen molar-refractivity contribution in [3.63, 3.8) is 0 Å². The number of hydrogen-bond acceptors (Lipinski definition) is 3. The van der Waals surface area contributed by atoms with Crippen molar-refractivity contribution in [1.29, 1.82) is 0 Å². The largest absolute Gasteiger partial charge is 0.393 e. The number of rotatable bonds is 4. The second-order valence-electron chi connectivity index (χ2n) is 6.09. The molecule has 2 rings (SSSR count). The van der Waals surface area contributed by atoms with Crippen molar-refractivity contribution < 1.29 is 5.11 Å². The number of aliphatic hydroxyl groups is 1. The second kappa shape index (κ2) is 6.92. The standard InChI is InChI=1S/C16H25BrN2O/c1-11(2)18-9-13-8-14(17)4-5-15(13)19-7-6-16(20)12(3)10-19/h4-5,8,11-12,16,18,20H,6-7,9-10H2,1-3H3. The van der Waals surface area contributed by atoms with Gasteiger partial charge < -0.3 is 15.3 Å². The molecule has 0 bridgehead atoms. The van der Waals surface area contributed by atoms with E-state index < -0.39 is 0 Å². The molecule has 1 aromatic carbocycles. The van der Waals surface area contributed by atoms with Gasteiger partial charge in [-0.25, -0.2) is 0 Å². The van der Waals surface area contributed by atoms with Crippen molar-refractivity contribution in [3.05, 3.63) is 28.2 Å². The van der Waals surface area contributed by atoms with Gasteiger partial charge in [-0.05, 0) is 36.1 Å². The van der Waals surface area contributed by atoms with Crippen LogP contribution in [0.5, 0.6) is 0 Å². The quantitative estimate of drug-likeness (QED) is 0.883. The molecule has 0 aliphatic carbocycles. The second-order valence-corrected chi connectivity index (χ2v) is 7.00. The Bertz CT molecular complexity index is 450. The molecule has 2 unspecified atom stereocenters. The van der Waals surface area contributed by atoms with Gasteiger partial charge in [-0.3, -0.25) is 0 Å². The summed E-state index contributed by atoms with van der Waals surface area (Å²) in [7, 11) is 0. The molecule has 0 radical (unpaired) electrons. The molecule has 1 aliphatic heterocycles. The number of benzene rings is 1. The van der Waals surface area contributed by atoms with Crippen molar-refractivity contribution in [2.24, 2.45) is 5.92 Å². The Kier molecular flexibility index (Phi) is 5.47. The molecule has 1 fully saturated rings. The Morgan fingerprint density at radius 1 is 1.45 bits per heavy atom. The first-order valence-electron chi connectivity index (χ1n) is 7.42. The zero-order chi connectivity index (χ0) is 14.7. The molecule has 20 heavy (non-hydrogen) atoms. The summed E-state index contributed by atoms with van der Waals surface area (Å²) < 4.78 is 1.12. The lowest BCUT2D eigenvalue weighted by Gasteiger charge is -2.37. The summed E-state index contributed by atoms with van der Waals surface area (Å²) in [5.74, 6) is 0.332. The molecule has 0 spiro atoms. The van der Waals surface area contributed by atoms with Gasteiger partial charge in [-0.15, -0.1) is 0 Å². The summed E-state index contributed by atoms with van der Waals surface area (Å²) in [4.78, 5) is 2.40. The number of nitrogens with one attached hydrogen (secondary N) is 1. The van der Waals surface area contributed by atoms with E-state index in [9.17, 15) is 5.11 Å². The van der Waals surface area contributed by atoms with Crippen LogP contribution in [0.25, 0.3) is 0 Å². The molecule has 1 aliphatic rings. The molecule has 4 heteroatoms. The van der Waals surface area contributed by atoms with E-state index in [1.165, 1.54) is 11.3 Å². The van der Waals surface area contributed by atoms with Crippen molar-refractivity contribution in [1.82, 2.24) is 5.32 Å². The minimum Gasteiger partial charge on any atom is -0.393 e. The van der Waals surface area contributed by atoms with E-state index in [-0.39, 0.29) is 6.10 Å². The Labute approximate surface area is 130 Å². The van der Waals surface area contributed by atoms with Crippen molar-refractivity contribution in [2.45, 2.75) is 45.9 Å². The highest BCUT2D eigenvalue weighted by Crippen LogP contribution is 2.29. The summed E-state index contributed by atoms with van der Waals surface area (Å²) in [5.41, 5.74) is 2.61. The van der Waals surface area contributed by atoms with Crippen LogP contribution in [0.4, 0.5) is 5.69 Å². The normalized spacial score (nSPS) is 23.4. The smallest absolute Gasteiger partial charge is 0.0599 e. The van der Waals surface area contributed by atoms with Crippen molar-refractivity contribution >= 4 is 21.6 Å². The first-order chi connectivity index (χ1) is 9.47. The van der Waals surface area contributed by atoms with Gasteiger partial charge in [-0.2, -0.15) is 0 Å². The van der Waals surface area contributed by atoms with Gasteiger partial charge in [0.1, 0.15) is 0 Å². The minimum absolute atomic E-state index is 0.154. The van der Waals surface area contributed by atoms with Gasteiger partial charge in [0.2, 0.25) is 0 Å². The van der Waals surface area contributed by atoms with E-state index in [0.29, 0.717) is 12.0 Å². The van der Waals surface area contributed by atoms with Crippen molar-refractivity contribution in [2.75, 3.05) is 18.0 Å². The Balaban J connectivity index is 2.17. The zero-order valence-corrected chi connectivity index (χ0v) is 14.2. The zero-order valence-electron chi connectivity index (χ0n) is 12.6. The van der Waals surface area contributed by atoms with Gasteiger partial charge in [0.25, 0.3) is 0 Å².